The van der Waals surface area contributed by atoms with Gasteiger partial charge in [0.15, 0.2) is 0 Å². The van der Waals surface area contributed by atoms with E-state index in [2.05, 4.69) is 63.5 Å². The fourth-order valence-electron chi connectivity index (χ4n) is 4.36. The third-order valence-electron chi connectivity index (χ3n) is 5.78. The molecule has 0 atom stereocenters. The smallest absolute Gasteiger partial charge is 0.0615 e. The Bertz CT molecular complexity index is 1030. The van der Waals surface area contributed by atoms with Crippen LogP contribution in [0.1, 0.15) is 22.7 Å². The summed E-state index contributed by atoms with van der Waals surface area (Å²) in [6.07, 6.45) is 1.83. The minimum Gasteiger partial charge on any atom is -0.294 e. The highest BCUT2D eigenvalue weighted by Crippen LogP contribution is 2.46. The van der Waals surface area contributed by atoms with E-state index in [0.717, 1.165) is 31.7 Å². The number of rotatable bonds is 3. The van der Waals surface area contributed by atoms with Gasteiger partial charge in [0.2, 0.25) is 0 Å². The second kappa shape index (κ2) is 7.83. The summed E-state index contributed by atoms with van der Waals surface area (Å²) in [6.45, 7) is 3.73. The van der Waals surface area contributed by atoms with Crippen molar-refractivity contribution in [2.24, 2.45) is 5.10 Å². The molecule has 0 spiro atoms. The Morgan fingerprint density at radius 2 is 1.41 bits per heavy atom. The van der Waals surface area contributed by atoms with E-state index in [9.17, 15) is 0 Å². The number of hydrazone groups is 1. The van der Waals surface area contributed by atoms with Gasteiger partial charge in [-0.05, 0) is 34.4 Å². The normalized spacial score (nSPS) is 17.0. The molecular weight excluding hydrogens is 401 g/mol. The average Bonchev–Trinajstić information content (AvgIpc) is 3.08. The molecule has 3 aromatic carbocycles. The topological polar surface area (TPSA) is 18.8 Å². The summed E-state index contributed by atoms with van der Waals surface area (Å²) in [5.41, 5.74) is 6.45. The van der Waals surface area contributed by atoms with Crippen molar-refractivity contribution in [3.05, 3.63) is 93.5 Å². The summed E-state index contributed by atoms with van der Waals surface area (Å²) >= 11 is 12.2. The van der Waals surface area contributed by atoms with Crippen LogP contribution in [0.2, 0.25) is 10.0 Å². The lowest BCUT2D eigenvalue weighted by Gasteiger charge is -2.37. The van der Waals surface area contributed by atoms with Crippen molar-refractivity contribution in [2.75, 3.05) is 26.2 Å². The first kappa shape index (κ1) is 18.7. The number of hydrogen-bond acceptors (Lipinski definition) is 3. The van der Waals surface area contributed by atoms with Crippen molar-refractivity contribution in [2.45, 2.75) is 6.04 Å². The van der Waals surface area contributed by atoms with E-state index in [4.69, 9.17) is 23.2 Å². The molecule has 146 valence electrons. The number of nitrogens with zero attached hydrogens (tertiary/aromatic N) is 3. The van der Waals surface area contributed by atoms with Gasteiger partial charge in [0.1, 0.15) is 0 Å². The van der Waals surface area contributed by atoms with Gasteiger partial charge in [-0.3, -0.25) is 9.91 Å². The van der Waals surface area contributed by atoms with Gasteiger partial charge in [0, 0.05) is 36.8 Å². The predicted octanol–water partition coefficient (Wildman–Crippen LogP) is 5.71. The van der Waals surface area contributed by atoms with Gasteiger partial charge in [-0.2, -0.15) is 5.10 Å². The highest BCUT2D eigenvalue weighted by atomic mass is 35.5. The largest absolute Gasteiger partial charge is 0.294 e. The maximum Gasteiger partial charge on any atom is 0.0615 e. The molecule has 2 aliphatic rings. The van der Waals surface area contributed by atoms with Crippen molar-refractivity contribution in [3.8, 4) is 11.1 Å². The van der Waals surface area contributed by atoms with Gasteiger partial charge in [0.25, 0.3) is 0 Å². The second-order valence-corrected chi connectivity index (χ2v) is 8.32. The second-order valence-electron chi connectivity index (χ2n) is 7.48. The predicted molar refractivity (Wildman–Crippen MR) is 121 cm³/mol. The lowest BCUT2D eigenvalue weighted by atomic mass is 10.0. The number of hydrogen-bond donors (Lipinski definition) is 0. The molecule has 29 heavy (non-hydrogen) atoms. The van der Waals surface area contributed by atoms with Gasteiger partial charge in [-0.15, -0.1) is 0 Å². The number of piperazine rings is 1. The fourth-order valence-corrected chi connectivity index (χ4v) is 4.81. The molecule has 0 amide bonds. The van der Waals surface area contributed by atoms with Gasteiger partial charge in [-0.1, -0.05) is 77.8 Å². The van der Waals surface area contributed by atoms with E-state index >= 15 is 0 Å². The first-order valence-corrected chi connectivity index (χ1v) is 10.6. The zero-order chi connectivity index (χ0) is 19.8. The fraction of sp³-hybridized carbons (Fsp3) is 0.208. The molecule has 1 fully saturated rings. The lowest BCUT2D eigenvalue weighted by Crippen LogP contribution is -2.45. The zero-order valence-corrected chi connectivity index (χ0v) is 17.4. The molecule has 3 aromatic rings. The highest BCUT2D eigenvalue weighted by molar-refractivity contribution is 6.36. The van der Waals surface area contributed by atoms with Gasteiger partial charge < -0.3 is 0 Å². The third kappa shape index (κ3) is 3.55. The molecule has 5 rings (SSSR count). The Morgan fingerprint density at radius 1 is 0.793 bits per heavy atom. The molecular formula is C24H21Cl2N3. The van der Waals surface area contributed by atoms with E-state index < -0.39 is 0 Å². The minimum atomic E-state index is 0.333. The summed E-state index contributed by atoms with van der Waals surface area (Å²) < 4.78 is 0. The summed E-state index contributed by atoms with van der Waals surface area (Å²) in [5.74, 6) is 0. The zero-order valence-electron chi connectivity index (χ0n) is 15.9. The molecule has 0 saturated carbocycles. The Morgan fingerprint density at radius 3 is 2.03 bits per heavy atom. The van der Waals surface area contributed by atoms with Crippen LogP contribution >= 0.6 is 23.2 Å². The molecule has 0 unspecified atom stereocenters. The standard InChI is InChI=1S/C24H21Cl2N3/c25-18-10-9-17(23(26)15-18)16-27-29-13-11-28(12-14-29)24-21-7-3-1-5-19(21)20-6-2-4-8-22(20)24/h1-10,15-16,24H,11-14H2. The molecule has 1 heterocycles. The maximum atomic E-state index is 6.25. The molecule has 1 saturated heterocycles. The first-order chi connectivity index (χ1) is 14.2. The van der Waals surface area contributed by atoms with Crippen LogP contribution in [-0.2, 0) is 0 Å². The molecule has 0 N–H and O–H groups in total. The highest BCUT2D eigenvalue weighted by Gasteiger charge is 2.33. The van der Waals surface area contributed by atoms with Crippen LogP contribution in [0, 0.1) is 0 Å². The molecule has 0 aromatic heterocycles. The van der Waals surface area contributed by atoms with Crippen LogP contribution in [0.4, 0.5) is 0 Å². The van der Waals surface area contributed by atoms with Crippen LogP contribution in [0.15, 0.2) is 71.8 Å². The Kier molecular flexibility index (Phi) is 5.04. The maximum absolute atomic E-state index is 6.25. The molecule has 1 aliphatic carbocycles. The molecule has 0 bridgehead atoms. The van der Waals surface area contributed by atoms with E-state index in [1.165, 1.54) is 22.3 Å². The van der Waals surface area contributed by atoms with E-state index in [1.54, 1.807) is 6.07 Å². The SMILES string of the molecule is Clc1ccc(C=NN2CCN(C3c4ccccc4-c4ccccc43)CC2)c(Cl)c1. The van der Waals surface area contributed by atoms with E-state index in [-0.39, 0.29) is 0 Å². The first-order valence-electron chi connectivity index (χ1n) is 9.87. The summed E-state index contributed by atoms with van der Waals surface area (Å²) in [4.78, 5) is 2.58. The van der Waals surface area contributed by atoms with Crippen molar-refractivity contribution in [1.29, 1.82) is 0 Å². The summed E-state index contributed by atoms with van der Waals surface area (Å²) in [7, 11) is 0. The van der Waals surface area contributed by atoms with E-state index in [0.29, 0.717) is 16.1 Å². The van der Waals surface area contributed by atoms with Gasteiger partial charge >= 0.3 is 0 Å². The Balaban J connectivity index is 1.32. The number of benzene rings is 3. The van der Waals surface area contributed by atoms with Crippen molar-refractivity contribution < 1.29 is 0 Å². The summed E-state index contributed by atoms with van der Waals surface area (Å²) in [5, 5.41) is 8.03. The Hall–Kier alpha value is -2.33. The monoisotopic (exact) mass is 421 g/mol. The Labute approximate surface area is 181 Å². The van der Waals surface area contributed by atoms with Crippen LogP contribution < -0.4 is 0 Å². The van der Waals surface area contributed by atoms with Gasteiger partial charge in [-0.25, -0.2) is 0 Å². The molecule has 1 aliphatic heterocycles. The van der Waals surface area contributed by atoms with Gasteiger partial charge in [0.05, 0.1) is 17.3 Å². The van der Waals surface area contributed by atoms with Crippen LogP contribution in [0.5, 0.6) is 0 Å². The van der Waals surface area contributed by atoms with Crippen molar-refractivity contribution in [1.82, 2.24) is 9.91 Å². The van der Waals surface area contributed by atoms with Crippen molar-refractivity contribution >= 4 is 29.4 Å². The molecule has 0 radical (unpaired) electrons. The average molecular weight is 422 g/mol. The number of fused-ring (bicyclic) bond motifs is 3. The molecule has 5 heteroatoms. The lowest BCUT2D eigenvalue weighted by molar-refractivity contribution is 0.114. The molecule has 3 nitrogen and oxygen atoms in total. The minimum absolute atomic E-state index is 0.333. The van der Waals surface area contributed by atoms with Crippen molar-refractivity contribution in [3.63, 3.8) is 0 Å². The number of halogens is 2. The van der Waals surface area contributed by atoms with E-state index in [1.807, 2.05) is 18.3 Å². The third-order valence-corrected chi connectivity index (χ3v) is 6.34. The van der Waals surface area contributed by atoms with Crippen LogP contribution in [-0.4, -0.2) is 42.3 Å². The quantitative estimate of drug-likeness (QED) is 0.503. The summed E-state index contributed by atoms with van der Waals surface area (Å²) in [6, 6.07) is 23.4. The van der Waals surface area contributed by atoms with Crippen LogP contribution in [0.25, 0.3) is 11.1 Å². The van der Waals surface area contributed by atoms with Crippen LogP contribution in [0.3, 0.4) is 0 Å².